The molecule has 2 rings (SSSR count). The largest absolute Gasteiger partial charge is 0.293 e. The van der Waals surface area contributed by atoms with Gasteiger partial charge in [0.1, 0.15) is 0 Å². The van der Waals surface area contributed by atoms with E-state index in [0.717, 1.165) is 18.0 Å². The lowest BCUT2D eigenvalue weighted by atomic mass is 9.59. The zero-order valence-corrected chi connectivity index (χ0v) is 14.5. The molecule has 0 aliphatic carbocycles. The molecule has 2 saturated heterocycles. The van der Waals surface area contributed by atoms with Gasteiger partial charge in [-0.25, -0.2) is 0 Å². The van der Waals surface area contributed by atoms with Crippen LogP contribution in [-0.4, -0.2) is 22.5 Å². The summed E-state index contributed by atoms with van der Waals surface area (Å²) in [6.07, 6.45) is 5.69. The molecule has 0 N–H and O–H groups in total. The van der Waals surface area contributed by atoms with Crippen LogP contribution in [0.5, 0.6) is 0 Å². The number of hydrogen-bond acceptors (Lipinski definition) is 1. The van der Waals surface area contributed by atoms with Gasteiger partial charge < -0.3 is 0 Å². The number of rotatable bonds is 1. The molecule has 19 heavy (non-hydrogen) atoms. The summed E-state index contributed by atoms with van der Waals surface area (Å²) in [7, 11) is 0. The standard InChI is InChI=1S/C18H35N/c1-16(2,3)18(7,8)13-11-14-9-10-15(12-13)19(14)17(4,5)6/h13-15H,9-12H2,1-8H3. The number of hydrogen-bond donors (Lipinski definition) is 0. The van der Waals surface area contributed by atoms with Crippen molar-refractivity contribution in [3.05, 3.63) is 0 Å². The average Bonchev–Trinajstić information content (AvgIpc) is 2.48. The lowest BCUT2D eigenvalue weighted by Gasteiger charge is -2.53. The molecule has 2 bridgehead atoms. The van der Waals surface area contributed by atoms with E-state index >= 15 is 0 Å². The van der Waals surface area contributed by atoms with E-state index in [4.69, 9.17) is 0 Å². The minimum atomic E-state index is 0.350. The van der Waals surface area contributed by atoms with Crippen molar-refractivity contribution < 1.29 is 0 Å². The molecule has 0 radical (unpaired) electrons. The highest BCUT2D eigenvalue weighted by Crippen LogP contribution is 2.53. The van der Waals surface area contributed by atoms with Crippen LogP contribution in [0.25, 0.3) is 0 Å². The van der Waals surface area contributed by atoms with Gasteiger partial charge in [0.05, 0.1) is 0 Å². The van der Waals surface area contributed by atoms with E-state index < -0.39 is 0 Å². The Hall–Kier alpha value is -0.0400. The van der Waals surface area contributed by atoms with Crippen molar-refractivity contribution in [3.63, 3.8) is 0 Å². The lowest BCUT2D eigenvalue weighted by Crippen LogP contribution is -2.55. The fourth-order valence-electron chi connectivity index (χ4n) is 4.47. The molecule has 0 spiro atoms. The Bertz CT molecular complexity index is 315. The first kappa shape index (κ1) is 15.4. The van der Waals surface area contributed by atoms with E-state index in [0.29, 0.717) is 16.4 Å². The first-order chi connectivity index (χ1) is 8.44. The van der Waals surface area contributed by atoms with Gasteiger partial charge in [-0.15, -0.1) is 0 Å². The SMILES string of the molecule is CC(C)(C)N1C2CCC1CC(C(C)(C)C(C)(C)C)C2. The lowest BCUT2D eigenvalue weighted by molar-refractivity contribution is -0.0422. The van der Waals surface area contributed by atoms with Crippen LogP contribution in [0, 0.1) is 16.7 Å². The molecule has 112 valence electrons. The maximum Gasteiger partial charge on any atom is 0.0130 e. The summed E-state index contributed by atoms with van der Waals surface area (Å²) in [6.45, 7) is 19.5. The molecule has 0 aromatic carbocycles. The number of nitrogens with zero attached hydrogens (tertiary/aromatic N) is 1. The zero-order valence-electron chi connectivity index (χ0n) is 14.5. The van der Waals surface area contributed by atoms with Crippen LogP contribution in [0.15, 0.2) is 0 Å². The molecule has 2 atom stereocenters. The van der Waals surface area contributed by atoms with Crippen LogP contribution < -0.4 is 0 Å². The van der Waals surface area contributed by atoms with Crippen molar-refractivity contribution in [3.8, 4) is 0 Å². The molecule has 2 fully saturated rings. The van der Waals surface area contributed by atoms with Gasteiger partial charge in [0.2, 0.25) is 0 Å². The van der Waals surface area contributed by atoms with E-state index in [-0.39, 0.29) is 0 Å². The second kappa shape index (κ2) is 4.48. The smallest absolute Gasteiger partial charge is 0.0130 e. The average molecular weight is 265 g/mol. The Morgan fingerprint density at radius 1 is 0.737 bits per heavy atom. The maximum atomic E-state index is 2.84. The van der Waals surface area contributed by atoms with Gasteiger partial charge in [0.15, 0.2) is 0 Å². The third-order valence-corrected chi connectivity index (χ3v) is 6.46. The maximum absolute atomic E-state index is 2.84. The van der Waals surface area contributed by atoms with Gasteiger partial charge in [-0.1, -0.05) is 34.6 Å². The highest BCUT2D eigenvalue weighted by molar-refractivity contribution is 5.04. The summed E-state index contributed by atoms with van der Waals surface area (Å²) in [4.78, 5) is 2.84. The van der Waals surface area contributed by atoms with Gasteiger partial charge >= 0.3 is 0 Å². The Labute approximate surface area is 121 Å². The van der Waals surface area contributed by atoms with Gasteiger partial charge in [0.25, 0.3) is 0 Å². The van der Waals surface area contributed by atoms with Crippen molar-refractivity contribution >= 4 is 0 Å². The molecule has 2 heterocycles. The molecule has 0 saturated carbocycles. The van der Waals surface area contributed by atoms with Crippen molar-refractivity contribution in [1.82, 2.24) is 4.90 Å². The van der Waals surface area contributed by atoms with E-state index in [2.05, 4.69) is 60.3 Å². The topological polar surface area (TPSA) is 3.24 Å². The molecular weight excluding hydrogens is 230 g/mol. The summed E-state index contributed by atoms with van der Waals surface area (Å²) >= 11 is 0. The number of piperidine rings is 1. The molecular formula is C18H35N. The first-order valence-electron chi connectivity index (χ1n) is 8.23. The summed E-state index contributed by atoms with van der Waals surface area (Å²) in [5.41, 5.74) is 1.20. The van der Waals surface area contributed by atoms with Crippen LogP contribution in [0.4, 0.5) is 0 Å². The predicted octanol–water partition coefficient (Wildman–Crippen LogP) is 5.10. The third-order valence-electron chi connectivity index (χ3n) is 6.46. The van der Waals surface area contributed by atoms with Crippen LogP contribution in [0.2, 0.25) is 0 Å². The minimum Gasteiger partial charge on any atom is -0.293 e. The van der Waals surface area contributed by atoms with Gasteiger partial charge in [-0.3, -0.25) is 4.90 Å². The normalized spacial score (nSPS) is 33.8. The van der Waals surface area contributed by atoms with Gasteiger partial charge in [-0.05, 0) is 63.2 Å². The molecule has 0 aromatic heterocycles. The van der Waals surface area contributed by atoms with Crippen molar-refractivity contribution in [1.29, 1.82) is 0 Å². The van der Waals surface area contributed by atoms with Crippen molar-refractivity contribution in [2.45, 2.75) is 98.7 Å². The van der Waals surface area contributed by atoms with Crippen LogP contribution >= 0.6 is 0 Å². The van der Waals surface area contributed by atoms with Crippen molar-refractivity contribution in [2.24, 2.45) is 16.7 Å². The highest BCUT2D eigenvalue weighted by Gasteiger charge is 2.50. The summed E-state index contributed by atoms with van der Waals surface area (Å²) in [5.74, 6) is 0.892. The van der Waals surface area contributed by atoms with Crippen LogP contribution in [0.1, 0.15) is 81.1 Å². The molecule has 1 nitrogen and oxygen atoms in total. The number of fused-ring (bicyclic) bond motifs is 2. The van der Waals surface area contributed by atoms with E-state index in [1.54, 1.807) is 0 Å². The molecule has 0 aromatic rings. The van der Waals surface area contributed by atoms with Gasteiger partial charge in [0, 0.05) is 17.6 Å². The first-order valence-corrected chi connectivity index (χ1v) is 8.23. The summed E-state index contributed by atoms with van der Waals surface area (Å²) in [6, 6.07) is 1.68. The molecule has 2 unspecified atom stereocenters. The fourth-order valence-corrected chi connectivity index (χ4v) is 4.47. The van der Waals surface area contributed by atoms with Gasteiger partial charge in [-0.2, -0.15) is 0 Å². The zero-order chi connectivity index (χ0) is 14.6. The molecule has 2 aliphatic heterocycles. The predicted molar refractivity (Wildman–Crippen MR) is 84.4 cm³/mol. The molecule has 2 aliphatic rings. The minimum absolute atomic E-state index is 0.350. The Balaban J connectivity index is 2.17. The van der Waals surface area contributed by atoms with E-state index in [1.807, 2.05) is 0 Å². The Kier molecular flexibility index (Phi) is 3.62. The van der Waals surface area contributed by atoms with Crippen LogP contribution in [0.3, 0.4) is 0 Å². The summed E-state index contributed by atoms with van der Waals surface area (Å²) < 4.78 is 0. The summed E-state index contributed by atoms with van der Waals surface area (Å²) in [5, 5.41) is 0. The van der Waals surface area contributed by atoms with Crippen molar-refractivity contribution in [2.75, 3.05) is 0 Å². The fraction of sp³-hybridized carbons (Fsp3) is 1.00. The second-order valence-electron chi connectivity index (χ2n) is 9.60. The Morgan fingerprint density at radius 3 is 1.47 bits per heavy atom. The Morgan fingerprint density at radius 2 is 1.16 bits per heavy atom. The quantitative estimate of drug-likeness (QED) is 0.637. The van der Waals surface area contributed by atoms with E-state index in [9.17, 15) is 0 Å². The molecule has 0 amide bonds. The highest BCUT2D eigenvalue weighted by atomic mass is 15.3. The third kappa shape index (κ3) is 2.60. The monoisotopic (exact) mass is 265 g/mol. The second-order valence-corrected chi connectivity index (χ2v) is 9.60. The van der Waals surface area contributed by atoms with E-state index in [1.165, 1.54) is 25.7 Å². The molecule has 1 heteroatoms. The van der Waals surface area contributed by atoms with Crippen LogP contribution in [-0.2, 0) is 0 Å².